The molecule has 1 aliphatic rings. The molecule has 4 rings (SSSR count). The molecule has 1 amide bonds. The fraction of sp³-hybridized carbons (Fsp3) is 0.318. The highest BCUT2D eigenvalue weighted by atomic mass is 19.1. The van der Waals surface area contributed by atoms with E-state index in [4.69, 9.17) is 0 Å². The van der Waals surface area contributed by atoms with Crippen LogP contribution in [-0.2, 0) is 4.79 Å². The summed E-state index contributed by atoms with van der Waals surface area (Å²) in [7, 11) is 3.65. The molecule has 0 atom stereocenters. The van der Waals surface area contributed by atoms with E-state index < -0.39 is 11.6 Å². The fourth-order valence-electron chi connectivity index (χ4n) is 4.04. The summed E-state index contributed by atoms with van der Waals surface area (Å²) in [5, 5.41) is 3.48. The second kappa shape index (κ2) is 7.55. The zero-order valence-electron chi connectivity index (χ0n) is 16.2. The summed E-state index contributed by atoms with van der Waals surface area (Å²) in [6.45, 7) is 0.311. The molecule has 1 aromatic heterocycles. The number of rotatable bonds is 5. The van der Waals surface area contributed by atoms with Gasteiger partial charge in [0.1, 0.15) is 17.5 Å². The van der Waals surface area contributed by atoms with Crippen LogP contribution in [-0.4, -0.2) is 42.5 Å². The Morgan fingerprint density at radius 3 is 2.45 bits per heavy atom. The third kappa shape index (κ3) is 3.87. The van der Waals surface area contributed by atoms with Crippen molar-refractivity contribution in [2.24, 2.45) is 0 Å². The predicted octanol–water partition coefficient (Wildman–Crippen LogP) is 4.18. The average Bonchev–Trinajstić information content (AvgIpc) is 2.97. The van der Waals surface area contributed by atoms with Crippen LogP contribution < -0.4 is 5.32 Å². The van der Waals surface area contributed by atoms with Gasteiger partial charge in [-0.15, -0.1) is 0 Å². The van der Waals surface area contributed by atoms with Crippen molar-refractivity contribution in [2.45, 2.75) is 24.8 Å². The Labute approximate surface area is 166 Å². The number of nitrogens with one attached hydrogen (secondary N) is 2. The minimum atomic E-state index is -0.662. The number of amides is 1. The maximum atomic E-state index is 14.4. The van der Waals surface area contributed by atoms with Crippen LogP contribution >= 0.6 is 0 Å². The maximum absolute atomic E-state index is 14.4. The number of benzene rings is 2. The molecule has 7 heteroatoms. The van der Waals surface area contributed by atoms with Gasteiger partial charge in [0, 0.05) is 17.5 Å². The number of H-pyrrole nitrogens is 1. The highest BCUT2D eigenvalue weighted by Crippen LogP contribution is 2.45. The van der Waals surface area contributed by atoms with Crippen molar-refractivity contribution in [3.05, 3.63) is 59.4 Å². The van der Waals surface area contributed by atoms with E-state index in [9.17, 15) is 18.0 Å². The molecule has 1 aliphatic carbocycles. The topological polar surface area (TPSA) is 48.1 Å². The van der Waals surface area contributed by atoms with Gasteiger partial charge in [-0.3, -0.25) is 4.79 Å². The van der Waals surface area contributed by atoms with E-state index in [0.717, 1.165) is 11.6 Å². The second-order valence-corrected chi connectivity index (χ2v) is 7.90. The third-order valence-electron chi connectivity index (χ3n) is 5.37. The molecule has 152 valence electrons. The molecule has 2 aromatic carbocycles. The van der Waals surface area contributed by atoms with Crippen LogP contribution in [0.5, 0.6) is 0 Å². The molecule has 4 nitrogen and oxygen atoms in total. The molecule has 1 saturated carbocycles. The molecule has 0 aliphatic heterocycles. The molecular weight excluding hydrogens is 379 g/mol. The number of hydrogen-bond acceptors (Lipinski definition) is 2. The summed E-state index contributed by atoms with van der Waals surface area (Å²) in [6, 6.07) is 8.12. The molecule has 0 radical (unpaired) electrons. The van der Waals surface area contributed by atoms with Gasteiger partial charge in [-0.1, -0.05) is 0 Å². The van der Waals surface area contributed by atoms with Crippen molar-refractivity contribution >= 4 is 16.8 Å². The first-order chi connectivity index (χ1) is 13.8. The Bertz CT molecular complexity index is 1050. The highest BCUT2D eigenvalue weighted by molar-refractivity contribution is 5.92. The van der Waals surface area contributed by atoms with Gasteiger partial charge >= 0.3 is 0 Å². The summed E-state index contributed by atoms with van der Waals surface area (Å²) in [4.78, 5) is 16.8. The van der Waals surface area contributed by atoms with Gasteiger partial charge in [-0.2, -0.15) is 0 Å². The zero-order valence-corrected chi connectivity index (χ0v) is 16.2. The lowest BCUT2D eigenvalue weighted by Crippen LogP contribution is -2.46. The lowest BCUT2D eigenvalue weighted by Gasteiger charge is -2.36. The van der Waals surface area contributed by atoms with Crippen LogP contribution in [0, 0.1) is 17.5 Å². The number of aromatic amines is 1. The zero-order chi connectivity index (χ0) is 20.7. The minimum absolute atomic E-state index is 0.0249. The predicted molar refractivity (Wildman–Crippen MR) is 106 cm³/mol. The first-order valence-corrected chi connectivity index (χ1v) is 9.52. The van der Waals surface area contributed by atoms with Crippen LogP contribution in [0.15, 0.2) is 36.4 Å². The van der Waals surface area contributed by atoms with Gasteiger partial charge in [-0.05, 0) is 74.3 Å². The maximum Gasteiger partial charge on any atom is 0.234 e. The lowest BCUT2D eigenvalue weighted by atomic mass is 9.74. The standard InChI is InChI=1S/C22H22F3N3O/c1-28(2)11-19(29)26-16-7-13(8-16)20-17-9-15(24)10-18(25)22(17)27-21(20)12-3-5-14(23)6-4-12/h3-6,9-10,13,16,27H,7-8,11H2,1-2H3,(H,26,29)/t13-,16-. The fourth-order valence-corrected chi connectivity index (χ4v) is 4.04. The number of likely N-dealkylation sites (N-methyl/N-ethyl adjacent to an activating group) is 1. The van der Waals surface area contributed by atoms with Crippen LogP contribution in [0.3, 0.4) is 0 Å². The van der Waals surface area contributed by atoms with Gasteiger partial charge in [-0.25, -0.2) is 13.2 Å². The summed E-state index contributed by atoms with van der Waals surface area (Å²) in [6.07, 6.45) is 1.36. The molecule has 2 N–H and O–H groups in total. The second-order valence-electron chi connectivity index (χ2n) is 7.90. The van der Waals surface area contributed by atoms with Crippen molar-refractivity contribution in [3.8, 4) is 11.3 Å². The Morgan fingerprint density at radius 2 is 1.79 bits per heavy atom. The monoisotopic (exact) mass is 401 g/mol. The molecule has 0 spiro atoms. The largest absolute Gasteiger partial charge is 0.352 e. The minimum Gasteiger partial charge on any atom is -0.352 e. The van der Waals surface area contributed by atoms with Crippen LogP contribution in [0.1, 0.15) is 24.3 Å². The number of fused-ring (bicyclic) bond motifs is 1. The van der Waals surface area contributed by atoms with Crippen molar-refractivity contribution < 1.29 is 18.0 Å². The average molecular weight is 401 g/mol. The number of hydrogen-bond donors (Lipinski definition) is 2. The highest BCUT2D eigenvalue weighted by Gasteiger charge is 2.35. The van der Waals surface area contributed by atoms with Crippen molar-refractivity contribution in [2.75, 3.05) is 20.6 Å². The van der Waals surface area contributed by atoms with E-state index in [1.165, 1.54) is 18.2 Å². The number of nitrogens with zero attached hydrogens (tertiary/aromatic N) is 1. The van der Waals surface area contributed by atoms with Crippen molar-refractivity contribution in [1.82, 2.24) is 15.2 Å². The Morgan fingerprint density at radius 1 is 1.10 bits per heavy atom. The molecule has 0 unspecified atom stereocenters. The molecule has 1 heterocycles. The van der Waals surface area contributed by atoms with Gasteiger partial charge < -0.3 is 15.2 Å². The molecule has 29 heavy (non-hydrogen) atoms. The van der Waals surface area contributed by atoms with Gasteiger partial charge in [0.2, 0.25) is 5.91 Å². The lowest BCUT2D eigenvalue weighted by molar-refractivity contribution is -0.123. The third-order valence-corrected chi connectivity index (χ3v) is 5.37. The van der Waals surface area contributed by atoms with E-state index >= 15 is 0 Å². The van der Waals surface area contributed by atoms with E-state index in [1.807, 2.05) is 14.1 Å². The SMILES string of the molecule is CN(C)CC(=O)N[C@H]1C[C@H](c2c(-c3ccc(F)cc3)[nH]c3c(F)cc(F)cc32)C1. The van der Waals surface area contributed by atoms with E-state index in [2.05, 4.69) is 10.3 Å². The number of carbonyl (C=O) groups is 1. The number of aromatic nitrogens is 1. The molecule has 0 saturated heterocycles. The van der Waals surface area contributed by atoms with E-state index in [1.54, 1.807) is 17.0 Å². The normalized spacial score (nSPS) is 18.8. The molecule has 1 fully saturated rings. The van der Waals surface area contributed by atoms with Crippen LogP contribution in [0.25, 0.3) is 22.2 Å². The quantitative estimate of drug-likeness (QED) is 0.674. The Kier molecular flexibility index (Phi) is 5.08. The first kappa shape index (κ1) is 19.5. The summed E-state index contributed by atoms with van der Waals surface area (Å²) in [5.74, 6) is -1.68. The smallest absolute Gasteiger partial charge is 0.234 e. The molecule has 3 aromatic rings. The molecule has 0 bridgehead atoms. The van der Waals surface area contributed by atoms with Gasteiger partial charge in [0.15, 0.2) is 0 Å². The Hall–Kier alpha value is -2.80. The van der Waals surface area contributed by atoms with Crippen molar-refractivity contribution in [3.63, 3.8) is 0 Å². The summed E-state index contributed by atoms with van der Waals surface area (Å²) in [5.41, 5.74) is 2.41. The summed E-state index contributed by atoms with van der Waals surface area (Å²) >= 11 is 0. The van der Waals surface area contributed by atoms with Gasteiger partial charge in [0.25, 0.3) is 0 Å². The van der Waals surface area contributed by atoms with Crippen LogP contribution in [0.4, 0.5) is 13.2 Å². The number of halogens is 3. The van der Waals surface area contributed by atoms with Crippen LogP contribution in [0.2, 0.25) is 0 Å². The molecular formula is C22H22F3N3O. The number of carbonyl (C=O) groups excluding carboxylic acids is 1. The van der Waals surface area contributed by atoms with Crippen molar-refractivity contribution in [1.29, 1.82) is 0 Å². The van der Waals surface area contributed by atoms with E-state index in [0.29, 0.717) is 36.0 Å². The van der Waals surface area contributed by atoms with E-state index in [-0.39, 0.29) is 29.2 Å². The summed E-state index contributed by atoms with van der Waals surface area (Å²) < 4.78 is 41.7. The first-order valence-electron chi connectivity index (χ1n) is 9.52. The van der Waals surface area contributed by atoms with Gasteiger partial charge in [0.05, 0.1) is 17.8 Å². The Balaban J connectivity index is 1.67.